The van der Waals surface area contributed by atoms with Crippen LogP contribution >= 0.6 is 27.3 Å². The van der Waals surface area contributed by atoms with E-state index in [1.165, 1.54) is 4.88 Å². The van der Waals surface area contributed by atoms with Crippen LogP contribution in [0.3, 0.4) is 0 Å². The highest BCUT2D eigenvalue weighted by Gasteiger charge is 2.04. The number of hydrogen-bond donors (Lipinski definition) is 0. The molecule has 18 heavy (non-hydrogen) atoms. The second-order valence-corrected chi connectivity index (χ2v) is 5.98. The van der Waals surface area contributed by atoms with E-state index in [9.17, 15) is 4.79 Å². The van der Waals surface area contributed by atoms with Crippen LogP contribution in [0.1, 0.15) is 4.88 Å². The lowest BCUT2D eigenvalue weighted by Gasteiger charge is -2.05. The first-order valence-corrected chi connectivity index (χ1v) is 7.22. The van der Waals surface area contributed by atoms with Gasteiger partial charge in [0.05, 0.1) is 6.54 Å². The van der Waals surface area contributed by atoms with Gasteiger partial charge in [-0.05, 0) is 39.5 Å². The normalized spacial score (nSPS) is 10.9. The first-order valence-electron chi connectivity index (χ1n) is 5.55. The van der Waals surface area contributed by atoms with Crippen LogP contribution in [0.4, 0.5) is 0 Å². The van der Waals surface area contributed by atoms with Crippen molar-refractivity contribution < 1.29 is 0 Å². The molecule has 0 aliphatic rings. The molecular weight excluding hydrogens is 310 g/mol. The van der Waals surface area contributed by atoms with Crippen LogP contribution in [-0.4, -0.2) is 4.57 Å². The predicted octanol–water partition coefficient (Wildman–Crippen LogP) is 3.87. The van der Waals surface area contributed by atoms with Crippen LogP contribution in [0.2, 0.25) is 0 Å². The molecule has 0 radical (unpaired) electrons. The van der Waals surface area contributed by atoms with Crippen LogP contribution < -0.4 is 5.56 Å². The number of fused-ring (bicyclic) bond motifs is 1. The highest BCUT2D eigenvalue weighted by atomic mass is 79.9. The number of benzene rings is 1. The quantitative estimate of drug-likeness (QED) is 0.702. The van der Waals surface area contributed by atoms with Crippen molar-refractivity contribution in [2.45, 2.75) is 6.54 Å². The minimum absolute atomic E-state index is 0.0672. The van der Waals surface area contributed by atoms with Crippen molar-refractivity contribution in [1.29, 1.82) is 0 Å². The Kier molecular flexibility index (Phi) is 3.06. The van der Waals surface area contributed by atoms with Crippen molar-refractivity contribution in [3.05, 3.63) is 67.7 Å². The lowest BCUT2D eigenvalue weighted by molar-refractivity contribution is 0.779. The molecule has 4 heteroatoms. The van der Waals surface area contributed by atoms with Crippen molar-refractivity contribution in [2.75, 3.05) is 0 Å². The Balaban J connectivity index is 2.08. The molecule has 3 rings (SSSR count). The standard InChI is InChI=1S/C14H10BrNOS/c15-11-7-12(18-9-11)8-16-6-5-10-3-1-2-4-13(10)14(16)17/h1-7,9H,8H2. The van der Waals surface area contributed by atoms with Crippen molar-refractivity contribution in [1.82, 2.24) is 4.57 Å². The number of rotatable bonds is 2. The van der Waals surface area contributed by atoms with Gasteiger partial charge in [0, 0.05) is 26.3 Å². The van der Waals surface area contributed by atoms with E-state index in [1.54, 1.807) is 15.9 Å². The highest BCUT2D eigenvalue weighted by Crippen LogP contribution is 2.20. The average Bonchev–Trinajstić information content (AvgIpc) is 2.79. The van der Waals surface area contributed by atoms with Crippen molar-refractivity contribution in [2.24, 2.45) is 0 Å². The Morgan fingerprint density at radius 2 is 2.06 bits per heavy atom. The predicted molar refractivity (Wildman–Crippen MR) is 79.3 cm³/mol. The smallest absolute Gasteiger partial charge is 0.258 e. The number of halogens is 1. The maximum absolute atomic E-state index is 12.3. The van der Waals surface area contributed by atoms with Crippen LogP contribution in [0.15, 0.2) is 57.2 Å². The first-order chi connectivity index (χ1) is 8.74. The van der Waals surface area contributed by atoms with Crippen molar-refractivity contribution in [3.63, 3.8) is 0 Å². The lowest BCUT2D eigenvalue weighted by atomic mass is 10.2. The molecule has 0 aliphatic carbocycles. The minimum Gasteiger partial charge on any atom is -0.310 e. The van der Waals surface area contributed by atoms with E-state index in [0.717, 1.165) is 15.2 Å². The topological polar surface area (TPSA) is 22.0 Å². The molecule has 2 heterocycles. The third kappa shape index (κ3) is 2.13. The zero-order valence-corrected chi connectivity index (χ0v) is 11.9. The third-order valence-electron chi connectivity index (χ3n) is 2.83. The fourth-order valence-electron chi connectivity index (χ4n) is 1.96. The largest absolute Gasteiger partial charge is 0.310 e. The van der Waals surface area contributed by atoms with Gasteiger partial charge in [-0.15, -0.1) is 11.3 Å². The molecule has 2 nitrogen and oxygen atoms in total. The van der Waals surface area contributed by atoms with Crippen molar-refractivity contribution >= 4 is 38.0 Å². The van der Waals surface area contributed by atoms with Gasteiger partial charge < -0.3 is 4.57 Å². The van der Waals surface area contributed by atoms with Gasteiger partial charge in [-0.2, -0.15) is 0 Å². The monoisotopic (exact) mass is 319 g/mol. The molecule has 2 aromatic heterocycles. The molecule has 0 spiro atoms. The number of thiophene rings is 1. The summed E-state index contributed by atoms with van der Waals surface area (Å²) in [7, 11) is 0. The third-order valence-corrected chi connectivity index (χ3v) is 4.52. The molecule has 0 saturated carbocycles. The van der Waals surface area contributed by atoms with E-state index >= 15 is 0 Å². The molecule has 0 fully saturated rings. The Morgan fingerprint density at radius 1 is 1.22 bits per heavy atom. The van der Waals surface area contributed by atoms with Gasteiger partial charge >= 0.3 is 0 Å². The molecule has 0 unspecified atom stereocenters. The number of hydrogen-bond acceptors (Lipinski definition) is 2. The molecular formula is C14H10BrNOS. The summed E-state index contributed by atoms with van der Waals surface area (Å²) in [5.74, 6) is 0. The maximum Gasteiger partial charge on any atom is 0.258 e. The average molecular weight is 320 g/mol. The molecule has 0 bridgehead atoms. The van der Waals surface area contributed by atoms with Gasteiger partial charge in [-0.1, -0.05) is 18.2 Å². The van der Waals surface area contributed by atoms with Crippen LogP contribution in [0, 0.1) is 0 Å². The van der Waals surface area contributed by atoms with E-state index in [2.05, 4.69) is 15.9 Å². The van der Waals surface area contributed by atoms with Gasteiger partial charge in [0.15, 0.2) is 0 Å². The van der Waals surface area contributed by atoms with Crippen molar-refractivity contribution in [3.8, 4) is 0 Å². The molecule has 0 N–H and O–H groups in total. The van der Waals surface area contributed by atoms with Gasteiger partial charge in [-0.25, -0.2) is 0 Å². The van der Waals surface area contributed by atoms with Gasteiger partial charge in [0.2, 0.25) is 0 Å². The summed E-state index contributed by atoms with van der Waals surface area (Å²) in [6.07, 6.45) is 1.86. The summed E-state index contributed by atoms with van der Waals surface area (Å²) in [6.45, 7) is 0.625. The minimum atomic E-state index is 0.0672. The Bertz CT molecular complexity index is 760. The molecule has 90 valence electrons. The fourth-order valence-corrected chi connectivity index (χ4v) is 3.41. The Morgan fingerprint density at radius 3 is 2.83 bits per heavy atom. The number of pyridine rings is 1. The maximum atomic E-state index is 12.3. The molecule has 0 aliphatic heterocycles. The zero-order valence-electron chi connectivity index (χ0n) is 9.47. The van der Waals surface area contributed by atoms with E-state index in [4.69, 9.17) is 0 Å². The van der Waals surface area contributed by atoms with Crippen LogP contribution in [-0.2, 0) is 6.54 Å². The lowest BCUT2D eigenvalue weighted by Crippen LogP contribution is -2.19. The van der Waals surface area contributed by atoms with E-state index < -0.39 is 0 Å². The Labute approximate surface area is 117 Å². The summed E-state index contributed by atoms with van der Waals surface area (Å²) in [5, 5.41) is 3.79. The van der Waals surface area contributed by atoms with Crippen LogP contribution in [0.25, 0.3) is 10.8 Å². The SMILES string of the molecule is O=c1c2ccccc2ccn1Cc1cc(Br)cs1. The Hall–Kier alpha value is -1.39. The second-order valence-electron chi connectivity index (χ2n) is 4.07. The summed E-state index contributed by atoms with van der Waals surface area (Å²) in [6, 6.07) is 11.7. The summed E-state index contributed by atoms with van der Waals surface area (Å²) >= 11 is 5.08. The zero-order chi connectivity index (χ0) is 12.5. The summed E-state index contributed by atoms with van der Waals surface area (Å²) < 4.78 is 2.82. The molecule has 1 aromatic carbocycles. The van der Waals surface area contributed by atoms with E-state index in [-0.39, 0.29) is 5.56 Å². The highest BCUT2D eigenvalue weighted by molar-refractivity contribution is 9.10. The van der Waals surface area contributed by atoms with Gasteiger partial charge in [-0.3, -0.25) is 4.79 Å². The van der Waals surface area contributed by atoms with Gasteiger partial charge in [0.1, 0.15) is 0 Å². The summed E-state index contributed by atoms with van der Waals surface area (Å²) in [4.78, 5) is 13.5. The van der Waals surface area contributed by atoms with E-state index in [1.807, 2.05) is 48.0 Å². The van der Waals surface area contributed by atoms with Crippen LogP contribution in [0.5, 0.6) is 0 Å². The van der Waals surface area contributed by atoms with E-state index in [0.29, 0.717) is 6.54 Å². The molecule has 0 amide bonds. The van der Waals surface area contributed by atoms with Gasteiger partial charge in [0.25, 0.3) is 5.56 Å². The summed E-state index contributed by atoms with van der Waals surface area (Å²) in [5.41, 5.74) is 0.0672. The molecule has 0 atom stereocenters. The molecule has 0 saturated heterocycles. The number of nitrogens with zero attached hydrogens (tertiary/aromatic N) is 1. The first kappa shape index (κ1) is 11.7. The number of aromatic nitrogens is 1. The fraction of sp³-hybridized carbons (Fsp3) is 0.0714. The second kappa shape index (κ2) is 4.71. The molecule has 3 aromatic rings.